The van der Waals surface area contributed by atoms with E-state index in [4.69, 9.17) is 0 Å². The number of hydrogen-bond donors (Lipinski definition) is 0. The Bertz CT molecular complexity index is 208. The molecule has 13 heavy (non-hydrogen) atoms. The highest BCUT2D eigenvalue weighted by atomic mass is 35.5. The molecule has 1 aliphatic heterocycles. The Hall–Kier alpha value is -0.270. The average molecular weight is 202 g/mol. The predicted octanol–water partition coefficient (Wildman–Crippen LogP) is 0.0583. The second-order valence-electron chi connectivity index (χ2n) is 3.69. The summed E-state index contributed by atoms with van der Waals surface area (Å²) in [6.45, 7) is 9.14. The number of rotatable bonds is 4. The van der Waals surface area contributed by atoms with Gasteiger partial charge in [0.2, 0.25) is 0 Å². The Labute approximate surface area is 88.1 Å². The van der Waals surface area contributed by atoms with Crippen LogP contribution in [0.4, 0.5) is 0 Å². The molecule has 1 heterocycles. The molecule has 0 aliphatic carbocycles. The summed E-state index contributed by atoms with van der Waals surface area (Å²) >= 11 is 0. The molecule has 0 aromatic carbocycles. The largest absolute Gasteiger partial charge is 1.00 e. The van der Waals surface area contributed by atoms with Crippen molar-refractivity contribution < 1.29 is 16.9 Å². The van der Waals surface area contributed by atoms with Gasteiger partial charge in [0, 0.05) is 5.57 Å². The highest BCUT2D eigenvalue weighted by Crippen LogP contribution is 2.21. The van der Waals surface area contributed by atoms with Crippen LogP contribution in [0.3, 0.4) is 0 Å². The van der Waals surface area contributed by atoms with E-state index in [9.17, 15) is 0 Å². The molecule has 1 nitrogen and oxygen atoms in total. The summed E-state index contributed by atoms with van der Waals surface area (Å²) in [5.74, 6) is 0. The summed E-state index contributed by atoms with van der Waals surface area (Å²) in [7, 11) is 0. The van der Waals surface area contributed by atoms with Gasteiger partial charge in [-0.2, -0.15) is 0 Å². The van der Waals surface area contributed by atoms with Gasteiger partial charge < -0.3 is 12.4 Å². The number of unbranched alkanes of at least 4 members (excludes halogenated alkanes) is 1. The van der Waals surface area contributed by atoms with Gasteiger partial charge in [-0.15, -0.1) is 0 Å². The number of nitrogens with zero attached hydrogens (tertiary/aromatic N) is 1. The molecular weight excluding hydrogens is 182 g/mol. The number of quaternary nitrogens is 1. The molecular formula is C11H20ClN. The van der Waals surface area contributed by atoms with Gasteiger partial charge in [0.1, 0.15) is 12.4 Å². The third kappa shape index (κ3) is 3.17. The number of allylic oxidation sites excluding steroid dienone is 2. The second kappa shape index (κ2) is 5.46. The van der Waals surface area contributed by atoms with Crippen molar-refractivity contribution in [2.24, 2.45) is 0 Å². The molecule has 1 rings (SSSR count). The van der Waals surface area contributed by atoms with Gasteiger partial charge in [-0.05, 0) is 26.3 Å². The first-order chi connectivity index (χ1) is 5.72. The van der Waals surface area contributed by atoms with E-state index in [0.29, 0.717) is 0 Å². The molecule has 0 radical (unpaired) electrons. The first kappa shape index (κ1) is 12.7. The molecule has 0 saturated carbocycles. The van der Waals surface area contributed by atoms with Crippen LogP contribution in [0.1, 0.15) is 33.6 Å². The quantitative estimate of drug-likeness (QED) is 0.565. The van der Waals surface area contributed by atoms with Gasteiger partial charge in [0.25, 0.3) is 0 Å². The van der Waals surface area contributed by atoms with Crippen LogP contribution in [0.5, 0.6) is 0 Å². The zero-order chi connectivity index (χ0) is 9.03. The predicted molar refractivity (Wildman–Crippen MR) is 53.5 cm³/mol. The van der Waals surface area contributed by atoms with Crippen LogP contribution in [0.25, 0.3) is 0 Å². The molecule has 1 unspecified atom stereocenters. The zero-order valence-corrected chi connectivity index (χ0v) is 9.64. The Morgan fingerprint density at radius 2 is 2.00 bits per heavy atom. The molecule has 0 N–H and O–H groups in total. The summed E-state index contributed by atoms with van der Waals surface area (Å²) < 4.78 is 1.07. The van der Waals surface area contributed by atoms with Gasteiger partial charge >= 0.3 is 0 Å². The Kier molecular flexibility index (Phi) is 5.34. The van der Waals surface area contributed by atoms with E-state index in [1.165, 1.54) is 31.5 Å². The standard InChI is InChI=1S/C11H20N.ClH/c1-4-6-8-12(5-2)9-7-11(3)10-12;/h7,9-10H,4-6,8H2,1-3H3;1H/q+1;/p-1. The van der Waals surface area contributed by atoms with E-state index in [1.807, 2.05) is 0 Å². The van der Waals surface area contributed by atoms with E-state index in [0.717, 1.165) is 4.48 Å². The molecule has 2 heteroatoms. The van der Waals surface area contributed by atoms with Crippen LogP contribution in [0.2, 0.25) is 0 Å². The molecule has 0 bridgehead atoms. The third-order valence-corrected chi connectivity index (χ3v) is 2.61. The summed E-state index contributed by atoms with van der Waals surface area (Å²) in [5.41, 5.74) is 1.41. The SMILES string of the molecule is CCCC[N+]1(CC)C=CC(C)=C1.[Cl-]. The van der Waals surface area contributed by atoms with Crippen LogP contribution in [0, 0.1) is 0 Å². The zero-order valence-electron chi connectivity index (χ0n) is 8.89. The van der Waals surface area contributed by atoms with Crippen LogP contribution >= 0.6 is 0 Å². The Morgan fingerprint density at radius 3 is 2.38 bits per heavy atom. The average Bonchev–Trinajstić information content (AvgIpc) is 2.45. The summed E-state index contributed by atoms with van der Waals surface area (Å²) in [6, 6.07) is 0. The molecule has 0 fully saturated rings. The molecule has 0 saturated heterocycles. The maximum atomic E-state index is 2.37. The first-order valence-corrected chi connectivity index (χ1v) is 4.97. The van der Waals surface area contributed by atoms with Crippen LogP contribution in [0.15, 0.2) is 24.0 Å². The molecule has 0 amide bonds. The van der Waals surface area contributed by atoms with Gasteiger partial charge in [0.05, 0.1) is 13.1 Å². The van der Waals surface area contributed by atoms with Crippen molar-refractivity contribution in [1.29, 1.82) is 0 Å². The maximum Gasteiger partial charge on any atom is 0.104 e. The number of halogens is 1. The van der Waals surface area contributed by atoms with Gasteiger partial charge in [0.15, 0.2) is 0 Å². The van der Waals surface area contributed by atoms with Crippen molar-refractivity contribution in [2.75, 3.05) is 13.1 Å². The molecule has 0 spiro atoms. The highest BCUT2D eigenvalue weighted by Gasteiger charge is 2.23. The number of hydrogen-bond acceptors (Lipinski definition) is 0. The van der Waals surface area contributed by atoms with Crippen molar-refractivity contribution in [3.05, 3.63) is 24.0 Å². The van der Waals surface area contributed by atoms with E-state index >= 15 is 0 Å². The summed E-state index contributed by atoms with van der Waals surface area (Å²) in [5, 5.41) is 0. The van der Waals surface area contributed by atoms with Gasteiger partial charge in [-0.1, -0.05) is 13.3 Å². The molecule has 1 atom stereocenters. The fourth-order valence-corrected chi connectivity index (χ4v) is 1.70. The van der Waals surface area contributed by atoms with Crippen molar-refractivity contribution in [3.8, 4) is 0 Å². The van der Waals surface area contributed by atoms with Crippen molar-refractivity contribution in [2.45, 2.75) is 33.6 Å². The minimum Gasteiger partial charge on any atom is -1.00 e. The summed E-state index contributed by atoms with van der Waals surface area (Å²) in [6.07, 6.45) is 9.54. The fourth-order valence-electron chi connectivity index (χ4n) is 1.70. The molecule has 0 aromatic heterocycles. The fraction of sp³-hybridized carbons (Fsp3) is 0.636. The lowest BCUT2D eigenvalue weighted by atomic mass is 10.3. The normalized spacial score (nSPS) is 25.6. The van der Waals surface area contributed by atoms with Crippen molar-refractivity contribution >= 4 is 0 Å². The third-order valence-electron chi connectivity index (χ3n) is 2.61. The van der Waals surface area contributed by atoms with Gasteiger partial charge in [-0.3, -0.25) is 4.48 Å². The maximum absolute atomic E-state index is 2.37. The monoisotopic (exact) mass is 201 g/mol. The lowest BCUT2D eigenvalue weighted by molar-refractivity contribution is -0.824. The van der Waals surface area contributed by atoms with Crippen LogP contribution < -0.4 is 12.4 Å². The van der Waals surface area contributed by atoms with E-state index in [2.05, 4.69) is 39.2 Å². The Balaban J connectivity index is 0.00000144. The first-order valence-electron chi connectivity index (χ1n) is 4.97. The van der Waals surface area contributed by atoms with Crippen molar-refractivity contribution in [1.82, 2.24) is 0 Å². The minimum absolute atomic E-state index is 0. The van der Waals surface area contributed by atoms with Crippen molar-refractivity contribution in [3.63, 3.8) is 0 Å². The van der Waals surface area contributed by atoms with Crippen LogP contribution in [-0.4, -0.2) is 17.6 Å². The smallest absolute Gasteiger partial charge is 0.104 e. The lowest BCUT2D eigenvalue weighted by Gasteiger charge is -2.27. The van der Waals surface area contributed by atoms with E-state index < -0.39 is 0 Å². The molecule has 1 aliphatic rings. The topological polar surface area (TPSA) is 0 Å². The molecule has 0 aromatic rings. The van der Waals surface area contributed by atoms with Gasteiger partial charge in [-0.25, -0.2) is 0 Å². The summed E-state index contributed by atoms with van der Waals surface area (Å²) in [4.78, 5) is 0. The highest BCUT2D eigenvalue weighted by molar-refractivity contribution is 5.16. The molecule has 76 valence electrons. The van der Waals surface area contributed by atoms with E-state index in [-0.39, 0.29) is 12.4 Å². The van der Waals surface area contributed by atoms with E-state index in [1.54, 1.807) is 0 Å². The second-order valence-corrected chi connectivity index (χ2v) is 3.69. The lowest BCUT2D eigenvalue weighted by Crippen LogP contribution is -3.00. The van der Waals surface area contributed by atoms with Crippen LogP contribution in [-0.2, 0) is 0 Å². The minimum atomic E-state index is 0. The Morgan fingerprint density at radius 1 is 1.31 bits per heavy atom.